The van der Waals surface area contributed by atoms with Crippen LogP contribution in [0.25, 0.3) is 6.08 Å². The van der Waals surface area contributed by atoms with Gasteiger partial charge in [-0.1, -0.05) is 0 Å². The Balaban J connectivity index is 2.88. The van der Waals surface area contributed by atoms with Crippen molar-refractivity contribution < 1.29 is 19.0 Å². The number of nitriles is 1. The average molecular weight is 304 g/mol. The van der Waals surface area contributed by atoms with Crippen LogP contribution in [0.1, 0.15) is 12.0 Å². The zero-order valence-corrected chi connectivity index (χ0v) is 13.0. The lowest BCUT2D eigenvalue weighted by Gasteiger charge is -2.08. The molecule has 0 aromatic heterocycles. The third kappa shape index (κ3) is 5.11. The van der Waals surface area contributed by atoms with Crippen molar-refractivity contribution in [1.29, 1.82) is 5.26 Å². The molecule has 1 N–H and O–H groups in total. The van der Waals surface area contributed by atoms with Crippen LogP contribution in [0.2, 0.25) is 0 Å². The van der Waals surface area contributed by atoms with Gasteiger partial charge in [-0.2, -0.15) is 5.26 Å². The Morgan fingerprint density at radius 1 is 1.32 bits per heavy atom. The number of rotatable bonds is 8. The molecule has 1 rings (SSSR count). The molecular formula is C16H20N2O4. The van der Waals surface area contributed by atoms with Gasteiger partial charge >= 0.3 is 0 Å². The molecule has 0 aliphatic heterocycles. The van der Waals surface area contributed by atoms with E-state index in [2.05, 4.69) is 5.32 Å². The molecule has 6 nitrogen and oxygen atoms in total. The second-order valence-electron chi connectivity index (χ2n) is 4.38. The van der Waals surface area contributed by atoms with Gasteiger partial charge in [-0.3, -0.25) is 4.79 Å². The van der Waals surface area contributed by atoms with E-state index in [-0.39, 0.29) is 5.57 Å². The van der Waals surface area contributed by atoms with Crippen molar-refractivity contribution in [2.75, 3.05) is 34.5 Å². The molecule has 22 heavy (non-hydrogen) atoms. The van der Waals surface area contributed by atoms with Crippen LogP contribution < -0.4 is 14.8 Å². The first kappa shape index (κ1) is 17.5. The minimum atomic E-state index is -0.420. The molecule has 1 aromatic carbocycles. The largest absolute Gasteiger partial charge is 0.497 e. The minimum absolute atomic E-state index is 0.0147. The van der Waals surface area contributed by atoms with Crippen LogP contribution in [0.5, 0.6) is 11.5 Å². The molecule has 118 valence electrons. The topological polar surface area (TPSA) is 80.6 Å². The summed E-state index contributed by atoms with van der Waals surface area (Å²) in [6.45, 7) is 1.00. The highest BCUT2D eigenvalue weighted by molar-refractivity contribution is 6.01. The van der Waals surface area contributed by atoms with Gasteiger partial charge in [-0.05, 0) is 24.6 Å². The summed E-state index contributed by atoms with van der Waals surface area (Å²) in [5.41, 5.74) is 0.646. The second kappa shape index (κ2) is 9.42. The van der Waals surface area contributed by atoms with E-state index < -0.39 is 5.91 Å². The zero-order chi connectivity index (χ0) is 16.4. The zero-order valence-electron chi connectivity index (χ0n) is 13.0. The number of benzene rings is 1. The van der Waals surface area contributed by atoms with Crippen LogP contribution in [-0.4, -0.2) is 40.4 Å². The number of nitrogens with one attached hydrogen (secondary N) is 1. The SMILES string of the molecule is COCCCNC(=O)/C(C#N)=C/c1ccc(OC)cc1OC. The number of carbonyl (C=O) groups is 1. The summed E-state index contributed by atoms with van der Waals surface area (Å²) >= 11 is 0. The van der Waals surface area contributed by atoms with Gasteiger partial charge in [0.2, 0.25) is 0 Å². The average Bonchev–Trinajstić information content (AvgIpc) is 2.56. The molecule has 0 saturated carbocycles. The predicted octanol–water partition coefficient (Wildman–Crippen LogP) is 1.76. The molecule has 0 atom stereocenters. The van der Waals surface area contributed by atoms with E-state index in [1.807, 2.05) is 6.07 Å². The minimum Gasteiger partial charge on any atom is -0.497 e. The fourth-order valence-electron chi connectivity index (χ4n) is 1.76. The van der Waals surface area contributed by atoms with E-state index in [1.165, 1.54) is 13.2 Å². The molecule has 0 unspecified atom stereocenters. The standard InChI is InChI=1S/C16H20N2O4/c1-20-8-4-7-18-16(19)13(11-17)9-12-5-6-14(21-2)10-15(12)22-3/h5-6,9-10H,4,7-8H2,1-3H3,(H,18,19)/b13-9+. The van der Waals surface area contributed by atoms with Gasteiger partial charge < -0.3 is 19.5 Å². The molecule has 0 saturated heterocycles. The van der Waals surface area contributed by atoms with Crippen LogP contribution >= 0.6 is 0 Å². The third-order valence-electron chi connectivity index (χ3n) is 2.92. The van der Waals surface area contributed by atoms with E-state index in [0.717, 1.165) is 0 Å². The van der Waals surface area contributed by atoms with Gasteiger partial charge in [-0.25, -0.2) is 0 Å². The maximum absolute atomic E-state index is 12.0. The molecule has 0 bridgehead atoms. The Morgan fingerprint density at radius 3 is 2.68 bits per heavy atom. The third-order valence-corrected chi connectivity index (χ3v) is 2.92. The molecule has 0 aliphatic carbocycles. The molecule has 0 heterocycles. The van der Waals surface area contributed by atoms with Crippen molar-refractivity contribution in [3.05, 3.63) is 29.3 Å². The molecular weight excluding hydrogens is 284 g/mol. The molecule has 0 radical (unpaired) electrons. The molecule has 6 heteroatoms. The highest BCUT2D eigenvalue weighted by Crippen LogP contribution is 2.26. The van der Waals surface area contributed by atoms with Crippen LogP contribution in [0.15, 0.2) is 23.8 Å². The summed E-state index contributed by atoms with van der Waals surface area (Å²) in [6, 6.07) is 7.06. The van der Waals surface area contributed by atoms with Crippen LogP contribution in [0, 0.1) is 11.3 Å². The number of nitrogens with zero attached hydrogens (tertiary/aromatic N) is 1. The summed E-state index contributed by atoms with van der Waals surface area (Å²) in [4.78, 5) is 12.0. The number of amides is 1. The van der Waals surface area contributed by atoms with E-state index >= 15 is 0 Å². The van der Waals surface area contributed by atoms with E-state index in [9.17, 15) is 4.79 Å². The maximum Gasteiger partial charge on any atom is 0.261 e. The van der Waals surface area contributed by atoms with Crippen molar-refractivity contribution in [3.8, 4) is 17.6 Å². The van der Waals surface area contributed by atoms with E-state index in [0.29, 0.717) is 36.6 Å². The van der Waals surface area contributed by atoms with E-state index in [1.54, 1.807) is 32.4 Å². The Kier molecular flexibility index (Phi) is 7.51. The number of hydrogen-bond donors (Lipinski definition) is 1. The fourth-order valence-corrected chi connectivity index (χ4v) is 1.76. The van der Waals surface area contributed by atoms with Crippen LogP contribution in [-0.2, 0) is 9.53 Å². The lowest BCUT2D eigenvalue weighted by atomic mass is 10.1. The number of ether oxygens (including phenoxy) is 3. The molecule has 1 aromatic rings. The first-order chi connectivity index (χ1) is 10.7. The second-order valence-corrected chi connectivity index (χ2v) is 4.38. The molecule has 0 aliphatic rings. The van der Waals surface area contributed by atoms with Gasteiger partial charge in [0, 0.05) is 31.9 Å². The van der Waals surface area contributed by atoms with Crippen LogP contribution in [0.3, 0.4) is 0 Å². The summed E-state index contributed by atoms with van der Waals surface area (Å²) in [5.74, 6) is 0.743. The Hall–Kier alpha value is -2.52. The van der Waals surface area contributed by atoms with E-state index in [4.69, 9.17) is 19.5 Å². The van der Waals surface area contributed by atoms with Crippen LogP contribution in [0.4, 0.5) is 0 Å². The quantitative estimate of drug-likeness (QED) is 0.450. The van der Waals surface area contributed by atoms with Crippen molar-refractivity contribution in [3.63, 3.8) is 0 Å². The van der Waals surface area contributed by atoms with Gasteiger partial charge in [0.05, 0.1) is 14.2 Å². The summed E-state index contributed by atoms with van der Waals surface area (Å²) in [6.07, 6.45) is 2.18. The predicted molar refractivity (Wildman–Crippen MR) is 82.6 cm³/mol. The smallest absolute Gasteiger partial charge is 0.261 e. The first-order valence-corrected chi connectivity index (χ1v) is 6.77. The lowest BCUT2D eigenvalue weighted by molar-refractivity contribution is -0.117. The molecule has 1 amide bonds. The van der Waals surface area contributed by atoms with Crippen molar-refractivity contribution in [2.45, 2.75) is 6.42 Å². The van der Waals surface area contributed by atoms with Gasteiger partial charge in [0.25, 0.3) is 5.91 Å². The van der Waals surface area contributed by atoms with Crippen molar-refractivity contribution in [1.82, 2.24) is 5.32 Å². The Morgan fingerprint density at radius 2 is 2.09 bits per heavy atom. The normalized spacial score (nSPS) is 10.7. The van der Waals surface area contributed by atoms with Gasteiger partial charge in [0.1, 0.15) is 23.1 Å². The number of hydrogen-bond acceptors (Lipinski definition) is 5. The highest BCUT2D eigenvalue weighted by Gasteiger charge is 2.10. The summed E-state index contributed by atoms with van der Waals surface area (Å²) in [7, 11) is 4.67. The van der Waals surface area contributed by atoms with Gasteiger partial charge in [0.15, 0.2) is 0 Å². The number of methoxy groups -OCH3 is 3. The Bertz CT molecular complexity index is 576. The maximum atomic E-state index is 12.0. The first-order valence-electron chi connectivity index (χ1n) is 6.77. The molecule has 0 spiro atoms. The lowest BCUT2D eigenvalue weighted by Crippen LogP contribution is -2.26. The van der Waals surface area contributed by atoms with Crippen molar-refractivity contribution >= 4 is 12.0 Å². The van der Waals surface area contributed by atoms with Gasteiger partial charge in [-0.15, -0.1) is 0 Å². The number of carbonyl (C=O) groups excluding carboxylic acids is 1. The highest BCUT2D eigenvalue weighted by atomic mass is 16.5. The Labute approximate surface area is 130 Å². The molecule has 0 fully saturated rings. The summed E-state index contributed by atoms with van der Waals surface area (Å²) in [5, 5.41) is 11.8. The van der Waals surface area contributed by atoms with Crippen molar-refractivity contribution in [2.24, 2.45) is 0 Å². The summed E-state index contributed by atoms with van der Waals surface area (Å²) < 4.78 is 15.3. The fraction of sp³-hybridized carbons (Fsp3) is 0.375. The monoisotopic (exact) mass is 304 g/mol.